The molecule has 7 heteroatoms. The number of thiazole rings is 1. The minimum absolute atomic E-state index is 0.591. The molecule has 0 aromatic carbocycles. The van der Waals surface area contributed by atoms with Crippen molar-refractivity contribution < 1.29 is 4.52 Å². The molecule has 0 aliphatic heterocycles. The number of hydrogen-bond acceptors (Lipinski definition) is 7. The highest BCUT2D eigenvalue weighted by Crippen LogP contribution is 2.37. The summed E-state index contributed by atoms with van der Waals surface area (Å²) in [4.78, 5) is 12.9. The molecule has 3 aromatic heterocycles. The molecule has 0 N–H and O–H groups in total. The molecular weight excluding hydrogens is 268 g/mol. The van der Waals surface area contributed by atoms with Gasteiger partial charge in [0.25, 0.3) is 5.89 Å². The molecule has 0 aliphatic rings. The van der Waals surface area contributed by atoms with Gasteiger partial charge in [0, 0.05) is 20.5 Å². The van der Waals surface area contributed by atoms with Crippen LogP contribution < -0.4 is 4.90 Å². The number of aryl methyl sites for hydroxylation is 1. The fraction of sp³-hybridized carbons (Fsp3) is 0.364. The topological polar surface area (TPSA) is 55.1 Å². The molecule has 0 atom stereocenters. The Balaban J connectivity index is 2.00. The standard InChI is InChI=1S/C11H12N4OS2/c1-4-8-12-9(16-14-8)6-5-7-10(17-6)13-11(18-7)15(2)3/h5H,4H2,1-3H3. The summed E-state index contributed by atoms with van der Waals surface area (Å²) in [5.74, 6) is 1.33. The van der Waals surface area contributed by atoms with Crippen LogP contribution in [0.1, 0.15) is 12.7 Å². The Hall–Kier alpha value is -1.47. The van der Waals surface area contributed by atoms with E-state index in [4.69, 9.17) is 4.52 Å². The number of anilines is 1. The van der Waals surface area contributed by atoms with Gasteiger partial charge in [-0.15, -0.1) is 11.3 Å². The first-order valence-electron chi connectivity index (χ1n) is 5.58. The molecule has 0 saturated heterocycles. The third-order valence-electron chi connectivity index (χ3n) is 2.46. The molecule has 0 fully saturated rings. The summed E-state index contributed by atoms with van der Waals surface area (Å²) in [6, 6.07) is 2.07. The second-order valence-electron chi connectivity index (χ2n) is 4.04. The van der Waals surface area contributed by atoms with Crippen LogP contribution in [0.4, 0.5) is 5.13 Å². The molecule has 3 heterocycles. The number of fused-ring (bicyclic) bond motifs is 1. The fourth-order valence-corrected chi connectivity index (χ4v) is 3.57. The maximum Gasteiger partial charge on any atom is 0.268 e. The van der Waals surface area contributed by atoms with E-state index in [1.165, 1.54) is 0 Å². The Morgan fingerprint density at radius 2 is 2.11 bits per heavy atom. The molecule has 0 aliphatic carbocycles. The summed E-state index contributed by atoms with van der Waals surface area (Å²) in [7, 11) is 3.99. The monoisotopic (exact) mass is 280 g/mol. The summed E-state index contributed by atoms with van der Waals surface area (Å²) in [5, 5.41) is 4.92. The highest BCUT2D eigenvalue weighted by atomic mass is 32.1. The van der Waals surface area contributed by atoms with Crippen molar-refractivity contribution in [3.63, 3.8) is 0 Å². The van der Waals surface area contributed by atoms with E-state index < -0.39 is 0 Å². The lowest BCUT2D eigenvalue weighted by Gasteiger charge is -2.04. The highest BCUT2D eigenvalue weighted by molar-refractivity contribution is 7.30. The van der Waals surface area contributed by atoms with Crippen molar-refractivity contribution in [1.29, 1.82) is 0 Å². The highest BCUT2D eigenvalue weighted by Gasteiger charge is 2.15. The zero-order valence-corrected chi connectivity index (χ0v) is 11.9. The molecule has 3 rings (SSSR count). The van der Waals surface area contributed by atoms with Crippen molar-refractivity contribution in [2.45, 2.75) is 13.3 Å². The van der Waals surface area contributed by atoms with Crippen molar-refractivity contribution in [2.75, 3.05) is 19.0 Å². The fourth-order valence-electron chi connectivity index (χ4n) is 1.52. The lowest BCUT2D eigenvalue weighted by atomic mass is 10.4. The summed E-state index contributed by atoms with van der Waals surface area (Å²) < 4.78 is 6.40. The molecular formula is C11H12N4OS2. The minimum Gasteiger partial charge on any atom is -0.354 e. The van der Waals surface area contributed by atoms with Crippen LogP contribution in [0.25, 0.3) is 20.3 Å². The van der Waals surface area contributed by atoms with Gasteiger partial charge in [0.05, 0.1) is 9.58 Å². The van der Waals surface area contributed by atoms with Crippen LogP contribution in [0.5, 0.6) is 0 Å². The van der Waals surface area contributed by atoms with Crippen LogP contribution in [0.2, 0.25) is 0 Å². The molecule has 94 valence electrons. The average molecular weight is 280 g/mol. The van der Waals surface area contributed by atoms with Gasteiger partial charge in [0.15, 0.2) is 11.0 Å². The van der Waals surface area contributed by atoms with Gasteiger partial charge in [-0.25, -0.2) is 4.98 Å². The van der Waals surface area contributed by atoms with E-state index in [2.05, 4.69) is 21.2 Å². The molecule has 0 bridgehead atoms. The van der Waals surface area contributed by atoms with Crippen molar-refractivity contribution in [3.05, 3.63) is 11.9 Å². The number of hydrogen-bond donors (Lipinski definition) is 0. The van der Waals surface area contributed by atoms with Gasteiger partial charge in [-0.2, -0.15) is 4.98 Å². The predicted molar refractivity (Wildman–Crippen MR) is 74.5 cm³/mol. The van der Waals surface area contributed by atoms with Crippen LogP contribution in [0.3, 0.4) is 0 Å². The number of thiophene rings is 1. The smallest absolute Gasteiger partial charge is 0.268 e. The van der Waals surface area contributed by atoms with E-state index in [0.717, 1.165) is 31.8 Å². The SMILES string of the molecule is CCc1noc(-c2cc3sc(N(C)C)nc3s2)n1. The predicted octanol–water partition coefficient (Wildman–Crippen LogP) is 3.04. The Morgan fingerprint density at radius 3 is 2.72 bits per heavy atom. The van der Waals surface area contributed by atoms with Gasteiger partial charge in [-0.1, -0.05) is 23.4 Å². The molecule has 0 amide bonds. The maximum atomic E-state index is 5.23. The van der Waals surface area contributed by atoms with Gasteiger partial charge >= 0.3 is 0 Å². The zero-order valence-electron chi connectivity index (χ0n) is 10.3. The quantitative estimate of drug-likeness (QED) is 0.738. The van der Waals surface area contributed by atoms with Crippen LogP contribution in [0.15, 0.2) is 10.6 Å². The van der Waals surface area contributed by atoms with Crippen molar-refractivity contribution in [1.82, 2.24) is 15.1 Å². The molecule has 0 unspecified atom stereocenters. The van der Waals surface area contributed by atoms with E-state index >= 15 is 0 Å². The van der Waals surface area contributed by atoms with Gasteiger partial charge in [0.2, 0.25) is 0 Å². The third kappa shape index (κ3) is 1.89. The Morgan fingerprint density at radius 1 is 1.28 bits per heavy atom. The molecule has 0 spiro atoms. The molecule has 3 aromatic rings. The van der Waals surface area contributed by atoms with Gasteiger partial charge in [-0.05, 0) is 6.07 Å². The lowest BCUT2D eigenvalue weighted by Crippen LogP contribution is -2.07. The van der Waals surface area contributed by atoms with Gasteiger partial charge in [0.1, 0.15) is 4.83 Å². The van der Waals surface area contributed by atoms with Crippen LogP contribution >= 0.6 is 22.7 Å². The van der Waals surface area contributed by atoms with E-state index in [-0.39, 0.29) is 0 Å². The van der Waals surface area contributed by atoms with E-state index in [1.54, 1.807) is 22.7 Å². The second kappa shape index (κ2) is 4.33. The third-order valence-corrected chi connectivity index (χ3v) is 4.77. The van der Waals surface area contributed by atoms with Crippen molar-refractivity contribution in [2.24, 2.45) is 0 Å². The Labute approximate surface area is 112 Å². The molecule has 0 saturated carbocycles. The normalized spacial score (nSPS) is 11.3. The summed E-state index contributed by atoms with van der Waals surface area (Å²) >= 11 is 3.26. The minimum atomic E-state index is 0.591. The van der Waals surface area contributed by atoms with Crippen LogP contribution in [-0.4, -0.2) is 29.2 Å². The largest absolute Gasteiger partial charge is 0.354 e. The number of aromatic nitrogens is 3. The van der Waals surface area contributed by atoms with Crippen molar-refractivity contribution >= 4 is 37.3 Å². The van der Waals surface area contributed by atoms with Crippen LogP contribution in [0, 0.1) is 0 Å². The second-order valence-corrected chi connectivity index (χ2v) is 6.08. The first kappa shape index (κ1) is 11.6. The first-order chi connectivity index (χ1) is 8.67. The van der Waals surface area contributed by atoms with Crippen LogP contribution in [-0.2, 0) is 6.42 Å². The first-order valence-corrected chi connectivity index (χ1v) is 7.21. The molecule has 0 radical (unpaired) electrons. The molecule has 5 nitrogen and oxygen atoms in total. The van der Waals surface area contributed by atoms with Crippen molar-refractivity contribution in [3.8, 4) is 10.8 Å². The summed E-state index contributed by atoms with van der Waals surface area (Å²) in [6.07, 6.45) is 0.784. The zero-order chi connectivity index (χ0) is 12.7. The maximum absolute atomic E-state index is 5.23. The molecule has 18 heavy (non-hydrogen) atoms. The Bertz CT molecular complexity index is 651. The number of nitrogens with zero attached hydrogens (tertiary/aromatic N) is 4. The average Bonchev–Trinajstić information content (AvgIpc) is 3.01. The van der Waals surface area contributed by atoms with Gasteiger partial charge in [-0.3, -0.25) is 0 Å². The summed E-state index contributed by atoms with van der Waals surface area (Å²) in [5.41, 5.74) is 0. The van der Waals surface area contributed by atoms with E-state index in [9.17, 15) is 0 Å². The van der Waals surface area contributed by atoms with Gasteiger partial charge < -0.3 is 9.42 Å². The lowest BCUT2D eigenvalue weighted by molar-refractivity contribution is 0.424. The van der Waals surface area contributed by atoms with E-state index in [0.29, 0.717) is 5.89 Å². The number of rotatable bonds is 3. The summed E-state index contributed by atoms with van der Waals surface area (Å²) in [6.45, 7) is 2.01. The Kier molecular flexibility index (Phi) is 2.79. The van der Waals surface area contributed by atoms with E-state index in [1.807, 2.05) is 25.9 Å².